The van der Waals surface area contributed by atoms with Crippen molar-refractivity contribution in [2.45, 2.75) is 58.8 Å². The minimum Gasteiger partial charge on any atom is -0.466 e. The Morgan fingerprint density at radius 1 is 1.19 bits per heavy atom. The van der Waals surface area contributed by atoms with Crippen LogP contribution < -0.4 is 5.32 Å². The highest BCUT2D eigenvalue weighted by atomic mass is 16.6. The van der Waals surface area contributed by atoms with Crippen molar-refractivity contribution in [3.8, 4) is 0 Å². The molecule has 26 heavy (non-hydrogen) atoms. The fraction of sp³-hybridized carbons (Fsp3) is 0.600. The molecule has 1 fully saturated rings. The SMILES string of the molecule is CCOC(=O)C1(C(COCc2ccccc2)NC(=O)OC(C)(C)C)CC1. The van der Waals surface area contributed by atoms with Crippen LogP contribution in [0.4, 0.5) is 4.79 Å². The number of nitrogens with one attached hydrogen (secondary N) is 1. The Morgan fingerprint density at radius 3 is 2.38 bits per heavy atom. The topological polar surface area (TPSA) is 73.9 Å². The van der Waals surface area contributed by atoms with E-state index in [9.17, 15) is 9.59 Å². The molecule has 1 aromatic rings. The average molecular weight is 363 g/mol. The summed E-state index contributed by atoms with van der Waals surface area (Å²) < 4.78 is 16.3. The summed E-state index contributed by atoms with van der Waals surface area (Å²) in [6.07, 6.45) is 0.781. The third-order valence-electron chi connectivity index (χ3n) is 4.22. The van der Waals surface area contributed by atoms with Gasteiger partial charge in [-0.3, -0.25) is 4.79 Å². The summed E-state index contributed by atoms with van der Waals surface area (Å²) in [7, 11) is 0. The summed E-state index contributed by atoms with van der Waals surface area (Å²) in [5, 5.41) is 2.81. The average Bonchev–Trinajstić information content (AvgIpc) is 3.35. The van der Waals surface area contributed by atoms with Gasteiger partial charge in [0, 0.05) is 0 Å². The maximum Gasteiger partial charge on any atom is 0.407 e. The zero-order chi connectivity index (χ0) is 19.2. The number of carbonyl (C=O) groups excluding carboxylic acids is 2. The van der Waals surface area contributed by atoms with Crippen molar-refractivity contribution >= 4 is 12.1 Å². The number of hydrogen-bond acceptors (Lipinski definition) is 5. The van der Waals surface area contributed by atoms with E-state index in [-0.39, 0.29) is 12.6 Å². The number of hydrogen-bond donors (Lipinski definition) is 1. The van der Waals surface area contributed by atoms with Gasteiger partial charge in [0.15, 0.2) is 0 Å². The highest BCUT2D eigenvalue weighted by molar-refractivity contribution is 5.82. The lowest BCUT2D eigenvalue weighted by Gasteiger charge is -2.28. The van der Waals surface area contributed by atoms with Crippen LogP contribution in [0.1, 0.15) is 46.1 Å². The quantitative estimate of drug-likeness (QED) is 0.716. The van der Waals surface area contributed by atoms with Crippen LogP contribution >= 0.6 is 0 Å². The van der Waals surface area contributed by atoms with Crippen LogP contribution in [0, 0.1) is 5.41 Å². The fourth-order valence-corrected chi connectivity index (χ4v) is 2.76. The number of benzene rings is 1. The van der Waals surface area contributed by atoms with Crippen LogP contribution in [0.5, 0.6) is 0 Å². The van der Waals surface area contributed by atoms with E-state index in [1.807, 2.05) is 30.3 Å². The lowest BCUT2D eigenvalue weighted by atomic mass is 9.97. The van der Waals surface area contributed by atoms with Gasteiger partial charge in [0.1, 0.15) is 5.60 Å². The van der Waals surface area contributed by atoms with Crippen molar-refractivity contribution in [3.63, 3.8) is 0 Å². The molecule has 0 aliphatic heterocycles. The standard InChI is InChI=1S/C20H29NO5/c1-5-25-17(22)20(11-12-20)16(21-18(23)26-19(2,3)4)14-24-13-15-9-7-6-8-10-15/h6-10,16H,5,11-14H2,1-4H3,(H,21,23). The van der Waals surface area contributed by atoms with Gasteiger partial charge in [-0.15, -0.1) is 0 Å². The highest BCUT2D eigenvalue weighted by Crippen LogP contribution is 2.50. The molecule has 6 nitrogen and oxygen atoms in total. The van der Waals surface area contributed by atoms with Crippen LogP contribution in [0.15, 0.2) is 30.3 Å². The lowest BCUT2D eigenvalue weighted by Crippen LogP contribution is -2.49. The minimum absolute atomic E-state index is 0.215. The van der Waals surface area contributed by atoms with E-state index in [0.29, 0.717) is 26.1 Å². The molecular weight excluding hydrogens is 334 g/mol. The second-order valence-corrected chi connectivity index (χ2v) is 7.58. The molecule has 0 spiro atoms. The Morgan fingerprint density at radius 2 is 1.85 bits per heavy atom. The first kappa shape index (κ1) is 20.2. The van der Waals surface area contributed by atoms with E-state index in [1.165, 1.54) is 0 Å². The second-order valence-electron chi connectivity index (χ2n) is 7.58. The zero-order valence-electron chi connectivity index (χ0n) is 16.0. The Kier molecular flexibility index (Phi) is 6.64. The normalized spacial score (nSPS) is 16.5. The molecule has 0 saturated heterocycles. The molecule has 6 heteroatoms. The minimum atomic E-state index is -0.719. The monoisotopic (exact) mass is 363 g/mol. The number of rotatable bonds is 8. The molecule has 1 saturated carbocycles. The Bertz CT molecular complexity index is 604. The van der Waals surface area contributed by atoms with Crippen LogP contribution in [-0.2, 0) is 25.6 Å². The van der Waals surface area contributed by atoms with Crippen molar-refractivity contribution in [1.29, 1.82) is 0 Å². The second kappa shape index (κ2) is 8.54. The van der Waals surface area contributed by atoms with Crippen molar-refractivity contribution in [2.75, 3.05) is 13.2 Å². The van der Waals surface area contributed by atoms with Gasteiger partial charge >= 0.3 is 12.1 Å². The molecule has 0 heterocycles. The Balaban J connectivity index is 2.01. The molecule has 0 radical (unpaired) electrons. The van der Waals surface area contributed by atoms with Gasteiger partial charge in [0.25, 0.3) is 0 Å². The molecule has 2 rings (SSSR count). The van der Waals surface area contributed by atoms with E-state index >= 15 is 0 Å². The first-order valence-electron chi connectivity index (χ1n) is 9.05. The number of ether oxygens (including phenoxy) is 3. The van der Waals surface area contributed by atoms with Gasteiger partial charge < -0.3 is 19.5 Å². The predicted octanol–water partition coefficient (Wildman–Crippen LogP) is 3.44. The molecular formula is C20H29NO5. The third kappa shape index (κ3) is 5.73. The van der Waals surface area contributed by atoms with Crippen molar-refractivity contribution < 1.29 is 23.8 Å². The van der Waals surface area contributed by atoms with Gasteiger partial charge in [0.2, 0.25) is 0 Å². The zero-order valence-corrected chi connectivity index (χ0v) is 16.0. The lowest BCUT2D eigenvalue weighted by molar-refractivity contribution is -0.151. The van der Waals surface area contributed by atoms with Crippen LogP contribution in [0.3, 0.4) is 0 Å². The van der Waals surface area contributed by atoms with Gasteiger partial charge in [-0.2, -0.15) is 0 Å². The van der Waals surface area contributed by atoms with E-state index in [1.54, 1.807) is 27.7 Å². The molecule has 1 atom stereocenters. The molecule has 1 N–H and O–H groups in total. The summed E-state index contributed by atoms with van der Waals surface area (Å²) in [5.41, 5.74) is -0.298. The van der Waals surface area contributed by atoms with Crippen molar-refractivity contribution in [1.82, 2.24) is 5.32 Å². The van der Waals surface area contributed by atoms with Gasteiger partial charge in [-0.1, -0.05) is 30.3 Å². The summed E-state index contributed by atoms with van der Waals surface area (Å²) in [5.74, 6) is -0.288. The van der Waals surface area contributed by atoms with Gasteiger partial charge in [0.05, 0.1) is 31.3 Å². The third-order valence-corrected chi connectivity index (χ3v) is 4.22. The Labute approximate surface area is 155 Å². The maximum absolute atomic E-state index is 12.4. The summed E-state index contributed by atoms with van der Waals surface area (Å²) in [6, 6.07) is 9.27. The highest BCUT2D eigenvalue weighted by Gasteiger charge is 2.57. The maximum atomic E-state index is 12.4. The van der Waals surface area contributed by atoms with E-state index < -0.39 is 23.2 Å². The van der Waals surface area contributed by atoms with E-state index in [4.69, 9.17) is 14.2 Å². The number of carbonyl (C=O) groups is 2. The molecule has 0 bridgehead atoms. The molecule has 1 aliphatic rings. The van der Waals surface area contributed by atoms with Crippen molar-refractivity contribution in [3.05, 3.63) is 35.9 Å². The molecule has 1 aromatic carbocycles. The smallest absolute Gasteiger partial charge is 0.407 e. The Hall–Kier alpha value is -2.08. The van der Waals surface area contributed by atoms with Crippen LogP contribution in [-0.4, -0.2) is 36.9 Å². The molecule has 144 valence electrons. The van der Waals surface area contributed by atoms with Gasteiger partial charge in [-0.05, 0) is 46.1 Å². The van der Waals surface area contributed by atoms with Gasteiger partial charge in [-0.25, -0.2) is 4.79 Å². The largest absolute Gasteiger partial charge is 0.466 e. The molecule has 1 amide bonds. The predicted molar refractivity (Wildman–Crippen MR) is 97.6 cm³/mol. The fourth-order valence-electron chi connectivity index (χ4n) is 2.76. The summed E-state index contributed by atoms with van der Waals surface area (Å²) in [4.78, 5) is 24.6. The summed E-state index contributed by atoms with van der Waals surface area (Å²) >= 11 is 0. The van der Waals surface area contributed by atoms with Crippen molar-refractivity contribution in [2.24, 2.45) is 5.41 Å². The van der Waals surface area contributed by atoms with Crippen LogP contribution in [0.2, 0.25) is 0 Å². The molecule has 1 aliphatic carbocycles. The summed E-state index contributed by atoms with van der Waals surface area (Å²) in [6.45, 7) is 8.10. The number of alkyl carbamates (subject to hydrolysis) is 1. The number of esters is 1. The van der Waals surface area contributed by atoms with Crippen LogP contribution in [0.25, 0.3) is 0 Å². The number of amides is 1. The van der Waals surface area contributed by atoms with E-state index in [0.717, 1.165) is 5.56 Å². The molecule has 0 aromatic heterocycles. The first-order chi connectivity index (χ1) is 12.3. The van der Waals surface area contributed by atoms with E-state index in [2.05, 4.69) is 5.32 Å². The molecule has 1 unspecified atom stereocenters. The first-order valence-corrected chi connectivity index (χ1v) is 9.05.